The van der Waals surface area contributed by atoms with Crippen LogP contribution in [0.1, 0.15) is 48.2 Å². The molecule has 0 radical (unpaired) electrons. The molecule has 4 atom stereocenters. The maximum absolute atomic E-state index is 14.4. The molecule has 1 saturated carbocycles. The summed E-state index contributed by atoms with van der Waals surface area (Å²) >= 11 is 0. The summed E-state index contributed by atoms with van der Waals surface area (Å²) in [5.74, 6) is -4.67. The van der Waals surface area contributed by atoms with Crippen LogP contribution >= 0.6 is 0 Å². The molecule has 38 heavy (non-hydrogen) atoms. The molecule has 3 aromatic rings. The third-order valence-corrected chi connectivity index (χ3v) is 6.64. The maximum Gasteiger partial charge on any atom is 0.305 e. The van der Waals surface area contributed by atoms with Crippen LogP contribution in [-0.2, 0) is 9.53 Å². The van der Waals surface area contributed by atoms with E-state index in [0.29, 0.717) is 18.5 Å². The molecule has 4 N–H and O–H groups in total. The fourth-order valence-electron chi connectivity index (χ4n) is 4.91. The van der Waals surface area contributed by atoms with E-state index in [2.05, 4.69) is 15.3 Å². The van der Waals surface area contributed by atoms with E-state index < -0.39 is 40.6 Å². The average Bonchev–Trinajstić information content (AvgIpc) is 2.86. The number of halogens is 3. The number of aromatic nitrogens is 2. The molecule has 0 unspecified atom stereocenters. The number of nitrogens with two attached hydrogens (primary N) is 1. The van der Waals surface area contributed by atoms with E-state index in [9.17, 15) is 22.8 Å². The Morgan fingerprint density at radius 3 is 2.53 bits per heavy atom. The topological polar surface area (TPSA) is 127 Å². The van der Waals surface area contributed by atoms with Crippen molar-refractivity contribution in [3.05, 3.63) is 77.5 Å². The van der Waals surface area contributed by atoms with Crippen LogP contribution in [0.15, 0.2) is 48.8 Å². The summed E-state index contributed by atoms with van der Waals surface area (Å²) in [7, 11) is 0. The van der Waals surface area contributed by atoms with Crippen molar-refractivity contribution in [2.45, 2.75) is 44.2 Å². The van der Waals surface area contributed by atoms with Gasteiger partial charge in [0.1, 0.15) is 28.8 Å². The van der Waals surface area contributed by atoms with Gasteiger partial charge in [-0.1, -0.05) is 13.0 Å². The second kappa shape index (κ2) is 11.7. The third kappa shape index (κ3) is 6.00. The molecule has 2 heterocycles. The fourth-order valence-corrected chi connectivity index (χ4v) is 4.91. The van der Waals surface area contributed by atoms with E-state index in [-0.39, 0.29) is 42.7 Å². The Morgan fingerprint density at radius 2 is 1.84 bits per heavy atom. The second-order valence-electron chi connectivity index (χ2n) is 9.33. The van der Waals surface area contributed by atoms with Gasteiger partial charge in [0.05, 0.1) is 36.6 Å². The molecule has 1 fully saturated rings. The number of carbonyl (C=O) groups excluding carboxylic acids is 1. The van der Waals surface area contributed by atoms with E-state index in [4.69, 9.17) is 15.6 Å². The number of pyridine rings is 2. The van der Waals surface area contributed by atoms with Gasteiger partial charge in [-0.3, -0.25) is 14.6 Å². The molecule has 4 rings (SSSR count). The highest BCUT2D eigenvalue weighted by Crippen LogP contribution is 2.39. The Bertz CT molecular complexity index is 1310. The van der Waals surface area contributed by atoms with Crippen LogP contribution < -0.4 is 11.1 Å². The quantitative estimate of drug-likeness (QED) is 0.392. The summed E-state index contributed by atoms with van der Waals surface area (Å²) in [6, 6.07) is 6.57. The monoisotopic (exact) mass is 528 g/mol. The number of nitrogens with zero attached hydrogens (tertiary/aromatic N) is 2. The minimum absolute atomic E-state index is 0.0197. The van der Waals surface area contributed by atoms with Crippen LogP contribution in [0.25, 0.3) is 11.3 Å². The van der Waals surface area contributed by atoms with Crippen LogP contribution in [0.4, 0.5) is 18.9 Å². The minimum atomic E-state index is -1.00. The molecule has 2 aromatic heterocycles. The van der Waals surface area contributed by atoms with Gasteiger partial charge in [-0.25, -0.2) is 18.2 Å². The average molecular weight is 529 g/mol. The number of anilines is 1. The van der Waals surface area contributed by atoms with Crippen LogP contribution in [0.5, 0.6) is 0 Å². The number of ether oxygens (including phenoxy) is 1. The normalized spacial score (nSPS) is 21.2. The fraction of sp³-hybridized carbons (Fsp3) is 0.333. The lowest BCUT2D eigenvalue weighted by Crippen LogP contribution is -2.46. The maximum atomic E-state index is 14.4. The van der Waals surface area contributed by atoms with Crippen molar-refractivity contribution in [2.24, 2.45) is 11.7 Å². The first-order chi connectivity index (χ1) is 18.2. The first-order valence-electron chi connectivity index (χ1n) is 12.1. The van der Waals surface area contributed by atoms with Gasteiger partial charge in [-0.05, 0) is 60.6 Å². The summed E-state index contributed by atoms with van der Waals surface area (Å²) in [5, 5.41) is 11.6. The standard InChI is InChI=1S/C27H27F3N4O4/c1-14-11-15(12-20(31)26(14)38-10-8-23(35)36)16-7-9-32-13-22(16)34-27(37)21-6-5-19(30)25(33-21)24-17(28)3-2-4-18(24)29/h2-7,9,13-15,20,26H,8,10-12,31H2,1H3,(H,34,37)(H,35,36)/t14-,15+,20+,26+/m1/s1. The molecular weight excluding hydrogens is 501 g/mol. The Balaban J connectivity index is 1.53. The zero-order chi connectivity index (χ0) is 27.4. The lowest BCUT2D eigenvalue weighted by molar-refractivity contribution is -0.139. The van der Waals surface area contributed by atoms with Gasteiger partial charge in [0, 0.05) is 12.2 Å². The summed E-state index contributed by atoms with van der Waals surface area (Å²) in [4.78, 5) is 31.9. The summed E-state index contributed by atoms with van der Waals surface area (Å²) in [6.07, 6.45) is 3.85. The van der Waals surface area contributed by atoms with E-state index in [1.165, 1.54) is 6.20 Å². The first-order valence-corrected chi connectivity index (χ1v) is 12.1. The summed E-state index contributed by atoms with van der Waals surface area (Å²) < 4.78 is 48.7. The van der Waals surface area contributed by atoms with Crippen LogP contribution in [0.3, 0.4) is 0 Å². The second-order valence-corrected chi connectivity index (χ2v) is 9.33. The largest absolute Gasteiger partial charge is 0.481 e. The SMILES string of the molecule is C[C@@H]1C[C@H](c2ccncc2NC(=O)c2ccc(F)c(-c3c(F)cccc3F)n2)C[C@H](N)[C@H]1OCCC(=O)O. The smallest absolute Gasteiger partial charge is 0.305 e. The van der Waals surface area contributed by atoms with Crippen molar-refractivity contribution in [3.8, 4) is 11.3 Å². The number of amides is 1. The Labute approximate surface area is 217 Å². The number of carboxylic acid groups (broad SMARTS) is 1. The third-order valence-electron chi connectivity index (χ3n) is 6.64. The lowest BCUT2D eigenvalue weighted by atomic mass is 9.74. The molecule has 0 bridgehead atoms. The van der Waals surface area contributed by atoms with Crippen molar-refractivity contribution in [1.29, 1.82) is 0 Å². The van der Waals surface area contributed by atoms with Gasteiger partial charge in [0.25, 0.3) is 5.91 Å². The van der Waals surface area contributed by atoms with Crippen LogP contribution in [0, 0.1) is 23.4 Å². The van der Waals surface area contributed by atoms with Crippen LogP contribution in [0.2, 0.25) is 0 Å². The van der Waals surface area contributed by atoms with Crippen molar-refractivity contribution >= 4 is 17.6 Å². The minimum Gasteiger partial charge on any atom is -0.481 e. The number of carbonyl (C=O) groups is 2. The highest BCUT2D eigenvalue weighted by molar-refractivity contribution is 6.03. The van der Waals surface area contributed by atoms with Crippen LogP contribution in [-0.4, -0.2) is 45.7 Å². The summed E-state index contributed by atoms with van der Waals surface area (Å²) in [6.45, 7) is 2.05. The predicted octanol–water partition coefficient (Wildman–Crippen LogP) is 4.51. The Hall–Kier alpha value is -3.83. The number of hydrogen-bond acceptors (Lipinski definition) is 6. The van der Waals surface area contributed by atoms with E-state index in [0.717, 1.165) is 35.9 Å². The molecule has 200 valence electrons. The number of nitrogens with one attached hydrogen (secondary N) is 1. The number of benzene rings is 1. The molecule has 0 saturated heterocycles. The molecule has 0 spiro atoms. The first kappa shape index (κ1) is 27.2. The number of carboxylic acids is 1. The Morgan fingerprint density at radius 1 is 1.11 bits per heavy atom. The zero-order valence-corrected chi connectivity index (χ0v) is 20.5. The van der Waals surface area contributed by atoms with Crippen molar-refractivity contribution in [1.82, 2.24) is 9.97 Å². The van der Waals surface area contributed by atoms with Gasteiger partial charge < -0.3 is 20.9 Å². The van der Waals surface area contributed by atoms with Crippen molar-refractivity contribution < 1.29 is 32.6 Å². The Kier molecular flexibility index (Phi) is 8.38. The summed E-state index contributed by atoms with van der Waals surface area (Å²) in [5.41, 5.74) is 6.06. The van der Waals surface area contributed by atoms with E-state index in [1.807, 2.05) is 6.92 Å². The number of rotatable bonds is 8. The highest BCUT2D eigenvalue weighted by atomic mass is 19.1. The van der Waals surface area contributed by atoms with E-state index in [1.54, 1.807) is 12.3 Å². The van der Waals surface area contributed by atoms with Crippen molar-refractivity contribution in [2.75, 3.05) is 11.9 Å². The molecular formula is C27H27F3N4O4. The van der Waals surface area contributed by atoms with Gasteiger partial charge in [-0.2, -0.15) is 0 Å². The molecule has 11 heteroatoms. The zero-order valence-electron chi connectivity index (χ0n) is 20.5. The molecule has 1 aliphatic carbocycles. The molecule has 0 aliphatic heterocycles. The molecule has 1 amide bonds. The lowest BCUT2D eigenvalue weighted by Gasteiger charge is -2.39. The molecule has 1 aromatic carbocycles. The highest BCUT2D eigenvalue weighted by Gasteiger charge is 2.36. The van der Waals surface area contributed by atoms with Gasteiger partial charge in [-0.15, -0.1) is 0 Å². The molecule has 8 nitrogen and oxygen atoms in total. The van der Waals surface area contributed by atoms with E-state index >= 15 is 0 Å². The van der Waals surface area contributed by atoms with Gasteiger partial charge >= 0.3 is 5.97 Å². The number of aliphatic carboxylic acids is 1. The number of hydrogen-bond donors (Lipinski definition) is 3. The van der Waals surface area contributed by atoms with Gasteiger partial charge in [0.2, 0.25) is 0 Å². The van der Waals surface area contributed by atoms with Crippen molar-refractivity contribution in [3.63, 3.8) is 0 Å². The predicted molar refractivity (Wildman–Crippen MR) is 133 cm³/mol. The molecule has 1 aliphatic rings. The van der Waals surface area contributed by atoms with Gasteiger partial charge in [0.15, 0.2) is 0 Å².